The molecule has 1 aromatic carbocycles. The Bertz CT molecular complexity index is 890. The van der Waals surface area contributed by atoms with Crippen LogP contribution < -0.4 is 10.6 Å². The third-order valence-electron chi connectivity index (χ3n) is 4.34. The van der Waals surface area contributed by atoms with Gasteiger partial charge in [-0.05, 0) is 38.0 Å². The van der Waals surface area contributed by atoms with Crippen molar-refractivity contribution in [3.63, 3.8) is 0 Å². The standard InChI is InChI=1S/C17H19ClN6O/c1-17(5-7-25-8-6-17)24-15-19-10-13-14(22-15)23-16(21-13)20-12-4-2-3-11(18)9-12/h2-4,9-10H,5-8H2,1H3,(H3,19,20,21,22,23,24). The third-order valence-corrected chi connectivity index (χ3v) is 4.57. The number of aromatic nitrogens is 4. The van der Waals surface area contributed by atoms with E-state index in [4.69, 9.17) is 16.3 Å². The lowest BCUT2D eigenvalue weighted by atomic mass is 9.93. The highest BCUT2D eigenvalue weighted by Crippen LogP contribution is 2.25. The van der Waals surface area contributed by atoms with E-state index in [0.717, 1.165) is 37.3 Å². The van der Waals surface area contributed by atoms with Crippen LogP contribution in [0.2, 0.25) is 5.02 Å². The molecule has 3 N–H and O–H groups in total. The van der Waals surface area contributed by atoms with Crippen molar-refractivity contribution in [2.75, 3.05) is 23.8 Å². The zero-order chi connectivity index (χ0) is 17.3. The molecular formula is C17H19ClN6O. The molecule has 1 saturated heterocycles. The number of nitrogens with one attached hydrogen (secondary N) is 3. The summed E-state index contributed by atoms with van der Waals surface area (Å²) in [6, 6.07) is 7.46. The number of hydrogen-bond donors (Lipinski definition) is 3. The van der Waals surface area contributed by atoms with E-state index in [1.807, 2.05) is 24.3 Å². The molecule has 8 heteroatoms. The second-order valence-corrected chi connectivity index (χ2v) is 6.89. The molecule has 3 heterocycles. The SMILES string of the molecule is CC1(Nc2ncc3[nH]c(Nc4cccc(Cl)c4)nc3n2)CCOCC1. The average Bonchev–Trinajstić information content (AvgIpc) is 2.96. The maximum atomic E-state index is 6.01. The van der Waals surface area contributed by atoms with Gasteiger partial charge in [0, 0.05) is 29.5 Å². The van der Waals surface area contributed by atoms with Crippen LogP contribution in [0.15, 0.2) is 30.5 Å². The van der Waals surface area contributed by atoms with E-state index in [-0.39, 0.29) is 5.54 Å². The maximum Gasteiger partial charge on any atom is 0.225 e. The topological polar surface area (TPSA) is 87.8 Å². The summed E-state index contributed by atoms with van der Waals surface area (Å²) in [5, 5.41) is 7.27. The van der Waals surface area contributed by atoms with Crippen LogP contribution in [0.25, 0.3) is 11.2 Å². The lowest BCUT2D eigenvalue weighted by molar-refractivity contribution is 0.0656. The Kier molecular flexibility index (Phi) is 4.19. The number of halogens is 1. The van der Waals surface area contributed by atoms with Gasteiger partial charge in [0.05, 0.1) is 6.20 Å². The van der Waals surface area contributed by atoms with Crippen molar-refractivity contribution >= 4 is 40.3 Å². The third kappa shape index (κ3) is 3.67. The summed E-state index contributed by atoms with van der Waals surface area (Å²) >= 11 is 6.01. The summed E-state index contributed by atoms with van der Waals surface area (Å²) in [7, 11) is 0. The van der Waals surface area contributed by atoms with E-state index in [9.17, 15) is 0 Å². The fraction of sp³-hybridized carbons (Fsp3) is 0.353. The molecule has 0 spiro atoms. The van der Waals surface area contributed by atoms with E-state index < -0.39 is 0 Å². The zero-order valence-electron chi connectivity index (χ0n) is 13.8. The quantitative estimate of drug-likeness (QED) is 0.658. The van der Waals surface area contributed by atoms with Gasteiger partial charge in [0.1, 0.15) is 5.52 Å². The fourth-order valence-corrected chi connectivity index (χ4v) is 3.04. The van der Waals surface area contributed by atoms with Crippen molar-refractivity contribution in [3.05, 3.63) is 35.5 Å². The number of rotatable bonds is 4. The molecule has 0 bridgehead atoms. The highest BCUT2D eigenvalue weighted by molar-refractivity contribution is 6.30. The minimum absolute atomic E-state index is 0.0515. The number of benzene rings is 1. The summed E-state index contributed by atoms with van der Waals surface area (Å²) in [6.45, 7) is 3.67. The second-order valence-electron chi connectivity index (χ2n) is 6.45. The molecule has 0 unspecified atom stereocenters. The summed E-state index contributed by atoms with van der Waals surface area (Å²) in [4.78, 5) is 16.6. The maximum absolute atomic E-state index is 6.01. The highest BCUT2D eigenvalue weighted by Gasteiger charge is 2.28. The van der Waals surface area contributed by atoms with Crippen LogP contribution in [-0.2, 0) is 4.74 Å². The van der Waals surface area contributed by atoms with E-state index in [0.29, 0.717) is 22.6 Å². The zero-order valence-corrected chi connectivity index (χ0v) is 14.6. The van der Waals surface area contributed by atoms with Gasteiger partial charge in [-0.1, -0.05) is 17.7 Å². The number of anilines is 3. The first-order chi connectivity index (χ1) is 12.1. The Balaban J connectivity index is 1.54. The molecule has 0 saturated carbocycles. The molecule has 3 aromatic rings. The molecule has 130 valence electrons. The first-order valence-electron chi connectivity index (χ1n) is 8.21. The van der Waals surface area contributed by atoms with Gasteiger partial charge in [0.25, 0.3) is 0 Å². The lowest BCUT2D eigenvalue weighted by Crippen LogP contribution is -2.41. The number of H-pyrrole nitrogens is 1. The van der Waals surface area contributed by atoms with Crippen molar-refractivity contribution in [1.82, 2.24) is 19.9 Å². The molecule has 0 atom stereocenters. The summed E-state index contributed by atoms with van der Waals surface area (Å²) in [6.07, 6.45) is 3.59. The average molecular weight is 359 g/mol. The highest BCUT2D eigenvalue weighted by atomic mass is 35.5. The van der Waals surface area contributed by atoms with Crippen LogP contribution in [-0.4, -0.2) is 38.7 Å². The van der Waals surface area contributed by atoms with Gasteiger partial charge in [-0.3, -0.25) is 0 Å². The fourth-order valence-electron chi connectivity index (χ4n) is 2.85. The Labute approximate surface area is 150 Å². The first kappa shape index (κ1) is 16.1. The van der Waals surface area contributed by atoms with Crippen LogP contribution >= 0.6 is 11.6 Å². The molecule has 1 aliphatic rings. The van der Waals surface area contributed by atoms with Gasteiger partial charge < -0.3 is 20.4 Å². The number of aromatic amines is 1. The van der Waals surface area contributed by atoms with E-state index in [2.05, 4.69) is 37.5 Å². The van der Waals surface area contributed by atoms with Crippen molar-refractivity contribution in [1.29, 1.82) is 0 Å². The molecule has 0 amide bonds. The van der Waals surface area contributed by atoms with Crippen molar-refractivity contribution < 1.29 is 4.74 Å². The number of hydrogen-bond acceptors (Lipinski definition) is 6. The first-order valence-corrected chi connectivity index (χ1v) is 8.59. The van der Waals surface area contributed by atoms with Gasteiger partial charge in [-0.15, -0.1) is 0 Å². The number of ether oxygens (including phenoxy) is 1. The second kappa shape index (κ2) is 6.50. The Morgan fingerprint density at radius 1 is 1.24 bits per heavy atom. The van der Waals surface area contributed by atoms with Crippen molar-refractivity contribution in [2.24, 2.45) is 0 Å². The molecule has 4 rings (SSSR count). The minimum atomic E-state index is -0.0515. The summed E-state index contributed by atoms with van der Waals surface area (Å²) < 4.78 is 5.43. The van der Waals surface area contributed by atoms with E-state index in [1.165, 1.54) is 0 Å². The monoisotopic (exact) mass is 358 g/mol. The Hall–Kier alpha value is -2.38. The van der Waals surface area contributed by atoms with Gasteiger partial charge in [0.15, 0.2) is 5.65 Å². The molecule has 0 radical (unpaired) electrons. The van der Waals surface area contributed by atoms with Gasteiger partial charge in [0.2, 0.25) is 11.9 Å². The molecule has 25 heavy (non-hydrogen) atoms. The Morgan fingerprint density at radius 3 is 2.88 bits per heavy atom. The van der Waals surface area contributed by atoms with Crippen LogP contribution in [0.3, 0.4) is 0 Å². The largest absolute Gasteiger partial charge is 0.381 e. The smallest absolute Gasteiger partial charge is 0.225 e. The Morgan fingerprint density at radius 2 is 2.08 bits per heavy atom. The number of nitrogens with zero attached hydrogens (tertiary/aromatic N) is 3. The normalized spacial score (nSPS) is 16.7. The van der Waals surface area contributed by atoms with Crippen molar-refractivity contribution in [3.8, 4) is 0 Å². The lowest BCUT2D eigenvalue weighted by Gasteiger charge is -2.34. The molecule has 7 nitrogen and oxygen atoms in total. The molecule has 0 aliphatic carbocycles. The van der Waals surface area contributed by atoms with Crippen LogP contribution in [0.4, 0.5) is 17.6 Å². The summed E-state index contributed by atoms with van der Waals surface area (Å²) in [5.74, 6) is 1.18. The van der Waals surface area contributed by atoms with Crippen LogP contribution in [0.1, 0.15) is 19.8 Å². The van der Waals surface area contributed by atoms with Crippen LogP contribution in [0.5, 0.6) is 0 Å². The number of imidazole rings is 1. The van der Waals surface area contributed by atoms with E-state index >= 15 is 0 Å². The molecule has 1 aliphatic heterocycles. The number of fused-ring (bicyclic) bond motifs is 1. The minimum Gasteiger partial charge on any atom is -0.381 e. The summed E-state index contributed by atoms with van der Waals surface area (Å²) in [5.41, 5.74) is 2.18. The van der Waals surface area contributed by atoms with Gasteiger partial charge in [-0.25, -0.2) is 4.98 Å². The van der Waals surface area contributed by atoms with Gasteiger partial charge >= 0.3 is 0 Å². The molecular weight excluding hydrogens is 340 g/mol. The van der Waals surface area contributed by atoms with Gasteiger partial charge in [-0.2, -0.15) is 9.97 Å². The van der Waals surface area contributed by atoms with Crippen LogP contribution in [0, 0.1) is 0 Å². The molecule has 1 fully saturated rings. The predicted molar refractivity (Wildman–Crippen MR) is 98.5 cm³/mol. The van der Waals surface area contributed by atoms with Crippen molar-refractivity contribution in [2.45, 2.75) is 25.3 Å². The predicted octanol–water partition coefficient (Wildman–Crippen LogP) is 3.73. The molecule has 2 aromatic heterocycles. The van der Waals surface area contributed by atoms with E-state index in [1.54, 1.807) is 6.20 Å².